The van der Waals surface area contributed by atoms with Crippen LogP contribution in [0.25, 0.3) is 0 Å². The van der Waals surface area contributed by atoms with Crippen molar-refractivity contribution >= 4 is 17.4 Å². The number of aromatic nitrogens is 2. The van der Waals surface area contributed by atoms with Gasteiger partial charge in [0.15, 0.2) is 0 Å². The number of nitrogens with zero attached hydrogens (tertiary/aromatic N) is 2. The Bertz CT molecular complexity index is 395. The maximum atomic E-state index is 11.9. The number of aryl methyl sites for hydroxylation is 1. The first-order valence-electron chi connectivity index (χ1n) is 5.70. The van der Waals surface area contributed by atoms with Gasteiger partial charge in [-0.3, -0.25) is 4.79 Å². The topological polar surface area (TPSA) is 87.1 Å². The van der Waals surface area contributed by atoms with Crippen molar-refractivity contribution in [3.8, 4) is 0 Å². The minimum atomic E-state index is -0.375. The number of nitrogens with one attached hydrogen (secondary N) is 2. The van der Waals surface area contributed by atoms with Crippen molar-refractivity contribution in [2.45, 2.75) is 19.4 Å². The average Bonchev–Trinajstić information content (AvgIpc) is 2.94. The fraction of sp³-hybridized carbons (Fsp3) is 0.700. The van der Waals surface area contributed by atoms with E-state index in [1.54, 1.807) is 0 Å². The number of aliphatic hydroxyl groups is 1. The maximum absolute atomic E-state index is 11.9. The molecule has 17 heavy (non-hydrogen) atoms. The van der Waals surface area contributed by atoms with E-state index in [1.807, 2.05) is 6.92 Å². The summed E-state index contributed by atoms with van der Waals surface area (Å²) < 4.78 is 3.78. The van der Waals surface area contributed by atoms with Gasteiger partial charge in [-0.05, 0) is 18.0 Å². The quantitative estimate of drug-likeness (QED) is 0.670. The first-order valence-corrected chi connectivity index (χ1v) is 6.48. The molecule has 1 fully saturated rings. The molecular formula is C10H16N4O2S. The van der Waals surface area contributed by atoms with Crippen LogP contribution >= 0.6 is 11.5 Å². The van der Waals surface area contributed by atoms with E-state index in [-0.39, 0.29) is 17.9 Å². The monoisotopic (exact) mass is 256 g/mol. The molecule has 2 unspecified atom stereocenters. The van der Waals surface area contributed by atoms with E-state index in [1.165, 1.54) is 0 Å². The smallest absolute Gasteiger partial charge is 0.264 e. The summed E-state index contributed by atoms with van der Waals surface area (Å²) in [6, 6.07) is 0. The van der Waals surface area contributed by atoms with Crippen molar-refractivity contribution in [1.29, 1.82) is 0 Å². The predicted molar refractivity (Wildman–Crippen MR) is 64.0 cm³/mol. The van der Waals surface area contributed by atoms with Crippen molar-refractivity contribution < 1.29 is 9.90 Å². The standard InChI is InChI=1S/C10H16N4O2S/c1-2-7-9(17-14-13-7)10(16)12-4-6-3-11-5-8(6)15/h6,8,11,15H,2-5H2,1H3,(H,12,16). The Morgan fingerprint density at radius 3 is 3.12 bits per heavy atom. The van der Waals surface area contributed by atoms with Crippen LogP contribution in [-0.2, 0) is 6.42 Å². The van der Waals surface area contributed by atoms with Crippen molar-refractivity contribution in [2.24, 2.45) is 5.92 Å². The molecule has 6 nitrogen and oxygen atoms in total. The van der Waals surface area contributed by atoms with Crippen LogP contribution in [0, 0.1) is 5.92 Å². The lowest BCUT2D eigenvalue weighted by Crippen LogP contribution is -2.34. The molecule has 94 valence electrons. The minimum absolute atomic E-state index is 0.0879. The lowest BCUT2D eigenvalue weighted by Gasteiger charge is -2.13. The molecule has 0 aromatic carbocycles. The van der Waals surface area contributed by atoms with Crippen LogP contribution in [0.1, 0.15) is 22.3 Å². The molecule has 1 saturated heterocycles. The molecule has 1 aromatic rings. The number of hydrogen-bond acceptors (Lipinski definition) is 6. The third kappa shape index (κ3) is 2.80. The number of amides is 1. The Morgan fingerprint density at radius 2 is 2.47 bits per heavy atom. The summed E-state index contributed by atoms with van der Waals surface area (Å²) in [6.45, 7) is 3.76. The molecule has 1 aliphatic rings. The van der Waals surface area contributed by atoms with Crippen molar-refractivity contribution in [3.05, 3.63) is 10.6 Å². The number of hydrogen-bond donors (Lipinski definition) is 3. The van der Waals surface area contributed by atoms with E-state index in [2.05, 4.69) is 20.2 Å². The molecule has 2 atom stereocenters. The number of carbonyl (C=O) groups excluding carboxylic acids is 1. The number of carbonyl (C=O) groups is 1. The van der Waals surface area contributed by atoms with Crippen LogP contribution in [0.15, 0.2) is 0 Å². The van der Waals surface area contributed by atoms with Gasteiger partial charge in [-0.25, -0.2) is 0 Å². The second-order valence-electron chi connectivity index (χ2n) is 4.10. The van der Waals surface area contributed by atoms with Gasteiger partial charge in [0.25, 0.3) is 5.91 Å². The molecule has 0 aliphatic carbocycles. The van der Waals surface area contributed by atoms with Gasteiger partial charge >= 0.3 is 0 Å². The van der Waals surface area contributed by atoms with Gasteiger partial charge in [0.2, 0.25) is 0 Å². The summed E-state index contributed by atoms with van der Waals surface area (Å²) in [5, 5.41) is 19.4. The molecule has 0 radical (unpaired) electrons. The first-order chi connectivity index (χ1) is 8.22. The zero-order valence-corrected chi connectivity index (χ0v) is 10.5. The molecule has 1 amide bonds. The number of aliphatic hydroxyl groups excluding tert-OH is 1. The maximum Gasteiger partial charge on any atom is 0.264 e. The summed E-state index contributed by atoms with van der Waals surface area (Å²) >= 11 is 1.11. The van der Waals surface area contributed by atoms with E-state index in [9.17, 15) is 9.90 Å². The highest BCUT2D eigenvalue weighted by Gasteiger charge is 2.25. The molecule has 2 rings (SSSR count). The lowest BCUT2D eigenvalue weighted by molar-refractivity contribution is 0.0930. The predicted octanol–water partition coefficient (Wildman–Crippen LogP) is -0.589. The highest BCUT2D eigenvalue weighted by atomic mass is 32.1. The molecule has 0 spiro atoms. The Labute approximate surface area is 104 Å². The van der Waals surface area contributed by atoms with Gasteiger partial charge < -0.3 is 15.7 Å². The van der Waals surface area contributed by atoms with E-state index < -0.39 is 0 Å². The fourth-order valence-corrected chi connectivity index (χ4v) is 2.51. The SMILES string of the molecule is CCc1nnsc1C(=O)NCC1CNCC1O. The molecule has 0 bridgehead atoms. The second kappa shape index (κ2) is 5.52. The van der Waals surface area contributed by atoms with E-state index in [0.717, 1.165) is 23.8 Å². The molecule has 2 heterocycles. The van der Waals surface area contributed by atoms with Gasteiger partial charge in [-0.1, -0.05) is 11.4 Å². The average molecular weight is 256 g/mol. The Hall–Kier alpha value is -1.05. The van der Waals surface area contributed by atoms with Gasteiger partial charge in [0.1, 0.15) is 4.88 Å². The van der Waals surface area contributed by atoms with Crippen LogP contribution in [-0.4, -0.2) is 46.3 Å². The van der Waals surface area contributed by atoms with Crippen LogP contribution < -0.4 is 10.6 Å². The zero-order valence-electron chi connectivity index (χ0n) is 9.64. The Kier molecular flexibility index (Phi) is 4.03. The second-order valence-corrected chi connectivity index (χ2v) is 4.85. The highest BCUT2D eigenvalue weighted by Crippen LogP contribution is 2.12. The van der Waals surface area contributed by atoms with Gasteiger partial charge in [-0.15, -0.1) is 5.10 Å². The third-order valence-corrected chi connectivity index (χ3v) is 3.69. The minimum Gasteiger partial charge on any atom is -0.391 e. The first kappa shape index (κ1) is 12.4. The lowest BCUT2D eigenvalue weighted by atomic mass is 10.1. The van der Waals surface area contributed by atoms with Crippen molar-refractivity contribution in [1.82, 2.24) is 20.2 Å². The van der Waals surface area contributed by atoms with Crippen LogP contribution in [0.5, 0.6) is 0 Å². The van der Waals surface area contributed by atoms with E-state index >= 15 is 0 Å². The van der Waals surface area contributed by atoms with Gasteiger partial charge in [0.05, 0.1) is 11.8 Å². The van der Waals surface area contributed by atoms with E-state index in [0.29, 0.717) is 24.4 Å². The number of β-amino-alcohol motifs (C(OH)–C–C–N with tert-alkyl or cyclic N) is 1. The van der Waals surface area contributed by atoms with Crippen LogP contribution in [0.2, 0.25) is 0 Å². The summed E-state index contributed by atoms with van der Waals surface area (Å²) in [7, 11) is 0. The largest absolute Gasteiger partial charge is 0.391 e. The Morgan fingerprint density at radius 1 is 1.65 bits per heavy atom. The summed E-state index contributed by atoms with van der Waals surface area (Å²) in [4.78, 5) is 12.4. The highest BCUT2D eigenvalue weighted by molar-refractivity contribution is 7.08. The molecule has 1 aliphatic heterocycles. The molecular weight excluding hydrogens is 240 g/mol. The zero-order chi connectivity index (χ0) is 12.3. The van der Waals surface area contributed by atoms with Gasteiger partial charge in [-0.2, -0.15) is 0 Å². The van der Waals surface area contributed by atoms with E-state index in [4.69, 9.17) is 0 Å². The summed E-state index contributed by atoms with van der Waals surface area (Å²) in [5.41, 5.74) is 0.734. The van der Waals surface area contributed by atoms with Crippen LogP contribution in [0.3, 0.4) is 0 Å². The Balaban J connectivity index is 1.89. The molecule has 0 saturated carbocycles. The number of rotatable bonds is 4. The molecule has 7 heteroatoms. The summed E-state index contributed by atoms with van der Waals surface area (Å²) in [5.74, 6) is -0.0548. The molecule has 1 aromatic heterocycles. The van der Waals surface area contributed by atoms with Crippen molar-refractivity contribution in [3.63, 3.8) is 0 Å². The van der Waals surface area contributed by atoms with Crippen molar-refractivity contribution in [2.75, 3.05) is 19.6 Å². The van der Waals surface area contributed by atoms with Gasteiger partial charge in [0, 0.05) is 25.6 Å². The normalized spacial score (nSPS) is 23.9. The molecule has 3 N–H and O–H groups in total. The van der Waals surface area contributed by atoms with Crippen LogP contribution in [0.4, 0.5) is 0 Å². The third-order valence-electron chi connectivity index (χ3n) is 2.93. The fourth-order valence-electron chi connectivity index (χ4n) is 1.84. The summed E-state index contributed by atoms with van der Waals surface area (Å²) in [6.07, 6.45) is 0.327.